The molecule has 178 valence electrons. The van der Waals surface area contributed by atoms with Gasteiger partial charge in [-0.2, -0.15) is 0 Å². The molecule has 4 nitrogen and oxygen atoms in total. The minimum Gasteiger partial charge on any atom is -0.381 e. The summed E-state index contributed by atoms with van der Waals surface area (Å²) in [6, 6.07) is 7.50. The molecule has 0 N–H and O–H groups in total. The van der Waals surface area contributed by atoms with Crippen molar-refractivity contribution in [3.05, 3.63) is 23.8 Å². The van der Waals surface area contributed by atoms with E-state index in [2.05, 4.69) is 39.8 Å². The molecule has 4 fully saturated rings. The number of unbranched alkanes of at least 4 members (excludes halogenated alkanes) is 1. The van der Waals surface area contributed by atoms with Crippen LogP contribution in [0.15, 0.2) is 18.2 Å². The molecule has 1 spiro atoms. The minimum atomic E-state index is 0.446. The number of rotatable bonds is 7. The molecule has 1 aromatic carbocycles. The van der Waals surface area contributed by atoms with E-state index in [4.69, 9.17) is 4.74 Å². The summed E-state index contributed by atoms with van der Waals surface area (Å²) in [6.45, 7) is 10.6. The third kappa shape index (κ3) is 4.97. The Morgan fingerprint density at radius 1 is 0.875 bits per heavy atom. The number of methoxy groups -OCH3 is 1. The predicted octanol–water partition coefficient (Wildman–Crippen LogP) is 5.66. The zero-order valence-corrected chi connectivity index (χ0v) is 20.7. The van der Waals surface area contributed by atoms with Crippen molar-refractivity contribution < 1.29 is 4.74 Å². The van der Waals surface area contributed by atoms with Gasteiger partial charge in [0.2, 0.25) is 0 Å². The maximum atomic E-state index is 5.61. The van der Waals surface area contributed by atoms with Gasteiger partial charge < -0.3 is 14.5 Å². The molecule has 0 aromatic heterocycles. The Kier molecular flexibility index (Phi) is 6.99. The number of ether oxygens (including phenoxy) is 1. The summed E-state index contributed by atoms with van der Waals surface area (Å²) in [5.41, 5.74) is 5.43. The monoisotopic (exact) mass is 439 g/mol. The lowest BCUT2D eigenvalue weighted by Crippen LogP contribution is -2.47. The van der Waals surface area contributed by atoms with Gasteiger partial charge in [0.15, 0.2) is 0 Å². The Morgan fingerprint density at radius 2 is 1.59 bits per heavy atom. The maximum Gasteiger partial charge on any atom is 0.0605 e. The lowest BCUT2D eigenvalue weighted by Gasteiger charge is -2.40. The average Bonchev–Trinajstić information content (AvgIpc) is 3.62. The molecule has 2 saturated carbocycles. The average molecular weight is 440 g/mol. The van der Waals surface area contributed by atoms with Gasteiger partial charge in [0.05, 0.1) is 6.10 Å². The van der Waals surface area contributed by atoms with Crippen molar-refractivity contribution in [1.29, 1.82) is 0 Å². The fourth-order valence-electron chi connectivity index (χ4n) is 6.52. The third-order valence-corrected chi connectivity index (χ3v) is 9.14. The standard InChI is InChI=1S/C28H45N3O/c1-3-4-15-29-18-20-31(21-19-29)27-6-5-24(30-16-9-25(32-2)10-17-30)22-26(27)23-7-11-28(12-8-23)13-14-28/h5-6,22-23,25H,3-4,7-21H2,1-2H3. The van der Waals surface area contributed by atoms with Gasteiger partial charge in [-0.05, 0) is 99.4 Å². The van der Waals surface area contributed by atoms with Crippen LogP contribution in [0.2, 0.25) is 0 Å². The van der Waals surface area contributed by atoms with E-state index in [1.165, 1.54) is 89.8 Å². The summed E-state index contributed by atoms with van der Waals surface area (Å²) in [7, 11) is 1.87. The number of hydrogen-bond donors (Lipinski definition) is 0. The van der Waals surface area contributed by atoms with E-state index in [0.29, 0.717) is 6.10 Å². The Labute approximate surface area is 196 Å². The second kappa shape index (κ2) is 9.93. The molecule has 1 aromatic rings. The summed E-state index contributed by atoms with van der Waals surface area (Å²) in [6.07, 6.45) is 14.1. The molecule has 4 aliphatic rings. The van der Waals surface area contributed by atoms with Crippen molar-refractivity contribution in [1.82, 2.24) is 4.90 Å². The van der Waals surface area contributed by atoms with E-state index in [-0.39, 0.29) is 0 Å². The molecule has 2 aliphatic heterocycles. The summed E-state index contributed by atoms with van der Waals surface area (Å²) < 4.78 is 5.61. The van der Waals surface area contributed by atoms with Gasteiger partial charge in [0, 0.05) is 57.8 Å². The summed E-state index contributed by atoms with van der Waals surface area (Å²) >= 11 is 0. The molecule has 2 saturated heterocycles. The molecule has 32 heavy (non-hydrogen) atoms. The quantitative estimate of drug-likeness (QED) is 0.545. The largest absolute Gasteiger partial charge is 0.381 e. The third-order valence-electron chi connectivity index (χ3n) is 9.14. The van der Waals surface area contributed by atoms with Gasteiger partial charge in [-0.25, -0.2) is 0 Å². The van der Waals surface area contributed by atoms with Crippen LogP contribution in [0.4, 0.5) is 11.4 Å². The van der Waals surface area contributed by atoms with Crippen molar-refractivity contribution >= 4 is 11.4 Å². The SMILES string of the molecule is CCCCN1CCN(c2ccc(N3CCC(OC)CC3)cc2C2CCC3(CC2)CC3)CC1. The number of nitrogens with zero attached hydrogens (tertiary/aromatic N) is 3. The molecule has 0 atom stereocenters. The predicted molar refractivity (Wildman–Crippen MR) is 135 cm³/mol. The van der Waals surface area contributed by atoms with Crippen LogP contribution >= 0.6 is 0 Å². The molecule has 0 unspecified atom stereocenters. The first kappa shape index (κ1) is 22.5. The fraction of sp³-hybridized carbons (Fsp3) is 0.786. The molecular weight excluding hydrogens is 394 g/mol. The summed E-state index contributed by atoms with van der Waals surface area (Å²) in [4.78, 5) is 7.99. The summed E-state index contributed by atoms with van der Waals surface area (Å²) in [5.74, 6) is 0.755. The number of piperidine rings is 1. The van der Waals surface area contributed by atoms with Crippen LogP contribution in [-0.4, -0.2) is 63.9 Å². The van der Waals surface area contributed by atoms with Crippen LogP contribution in [0, 0.1) is 5.41 Å². The topological polar surface area (TPSA) is 19.0 Å². The number of benzene rings is 1. The van der Waals surface area contributed by atoms with Gasteiger partial charge in [-0.1, -0.05) is 13.3 Å². The van der Waals surface area contributed by atoms with Gasteiger partial charge in [0.1, 0.15) is 0 Å². The van der Waals surface area contributed by atoms with E-state index in [9.17, 15) is 0 Å². The van der Waals surface area contributed by atoms with E-state index in [0.717, 1.165) is 37.3 Å². The van der Waals surface area contributed by atoms with E-state index in [1.807, 2.05) is 7.11 Å². The van der Waals surface area contributed by atoms with E-state index in [1.54, 1.807) is 11.3 Å². The van der Waals surface area contributed by atoms with Crippen molar-refractivity contribution in [2.24, 2.45) is 5.41 Å². The molecule has 4 heteroatoms. The highest BCUT2D eigenvalue weighted by Gasteiger charge is 2.45. The van der Waals surface area contributed by atoms with Gasteiger partial charge in [-0.15, -0.1) is 0 Å². The Balaban J connectivity index is 1.33. The van der Waals surface area contributed by atoms with E-state index < -0.39 is 0 Å². The van der Waals surface area contributed by atoms with Crippen LogP contribution in [0.3, 0.4) is 0 Å². The van der Waals surface area contributed by atoms with Crippen LogP contribution < -0.4 is 9.80 Å². The zero-order valence-electron chi connectivity index (χ0n) is 20.7. The lowest BCUT2D eigenvalue weighted by molar-refractivity contribution is 0.0819. The van der Waals surface area contributed by atoms with Crippen LogP contribution in [0.5, 0.6) is 0 Å². The van der Waals surface area contributed by atoms with Gasteiger partial charge in [0.25, 0.3) is 0 Å². The Morgan fingerprint density at radius 3 is 2.22 bits per heavy atom. The Bertz CT molecular complexity index is 735. The van der Waals surface area contributed by atoms with Crippen LogP contribution in [0.1, 0.15) is 82.6 Å². The molecule has 0 amide bonds. The van der Waals surface area contributed by atoms with Crippen molar-refractivity contribution in [2.75, 3.05) is 62.7 Å². The molecular formula is C28H45N3O. The fourth-order valence-corrected chi connectivity index (χ4v) is 6.52. The smallest absolute Gasteiger partial charge is 0.0605 e. The highest BCUT2D eigenvalue weighted by atomic mass is 16.5. The number of anilines is 2. The van der Waals surface area contributed by atoms with Crippen LogP contribution in [-0.2, 0) is 4.74 Å². The van der Waals surface area contributed by atoms with Gasteiger partial charge in [-0.3, -0.25) is 4.90 Å². The molecule has 2 aliphatic carbocycles. The molecule has 2 heterocycles. The van der Waals surface area contributed by atoms with Crippen molar-refractivity contribution in [3.8, 4) is 0 Å². The second-order valence-electron chi connectivity index (χ2n) is 11.1. The highest BCUT2D eigenvalue weighted by molar-refractivity contribution is 5.63. The first-order valence-corrected chi connectivity index (χ1v) is 13.6. The summed E-state index contributed by atoms with van der Waals surface area (Å²) in [5, 5.41) is 0. The first-order chi connectivity index (χ1) is 15.7. The minimum absolute atomic E-state index is 0.446. The normalized spacial score (nSPS) is 24.9. The molecule has 0 radical (unpaired) electrons. The first-order valence-electron chi connectivity index (χ1n) is 13.6. The van der Waals surface area contributed by atoms with Crippen molar-refractivity contribution in [3.63, 3.8) is 0 Å². The zero-order chi connectivity index (χ0) is 22.0. The lowest BCUT2D eigenvalue weighted by atomic mass is 9.76. The Hall–Kier alpha value is -1.26. The molecule has 0 bridgehead atoms. The van der Waals surface area contributed by atoms with Crippen molar-refractivity contribution in [2.45, 2.75) is 83.2 Å². The highest BCUT2D eigenvalue weighted by Crippen LogP contribution is 2.59. The van der Waals surface area contributed by atoms with E-state index >= 15 is 0 Å². The van der Waals surface area contributed by atoms with Gasteiger partial charge >= 0.3 is 0 Å². The maximum absolute atomic E-state index is 5.61. The number of hydrogen-bond acceptors (Lipinski definition) is 4. The second-order valence-corrected chi connectivity index (χ2v) is 11.1. The van der Waals surface area contributed by atoms with Crippen LogP contribution in [0.25, 0.3) is 0 Å². The molecule has 5 rings (SSSR count). The number of piperazine rings is 1.